The molecule has 0 saturated carbocycles. The second-order valence-corrected chi connectivity index (χ2v) is 21.3. The van der Waals surface area contributed by atoms with Gasteiger partial charge in [-0.25, -0.2) is 18.4 Å². The number of aromatic nitrogens is 2. The molecule has 6 aromatic rings. The van der Waals surface area contributed by atoms with E-state index in [0.717, 1.165) is 122 Å². The van der Waals surface area contributed by atoms with Crippen molar-refractivity contribution in [2.24, 2.45) is 0 Å². The van der Waals surface area contributed by atoms with E-state index < -0.39 is 42.8 Å². The van der Waals surface area contributed by atoms with Gasteiger partial charge in [-0.3, -0.25) is 19.6 Å². The molecule has 4 amide bonds. The Labute approximate surface area is 470 Å². The molecule has 4 atom stereocenters. The number of carbonyl (C=O) groups is 4. The molecule has 2 aliphatic carbocycles. The highest BCUT2D eigenvalue weighted by Crippen LogP contribution is 2.45. The van der Waals surface area contributed by atoms with E-state index in [2.05, 4.69) is 35.1 Å². The number of fused-ring (bicyclic) bond motifs is 6. The van der Waals surface area contributed by atoms with Crippen LogP contribution in [0.3, 0.4) is 0 Å². The predicted octanol–water partition coefficient (Wildman–Crippen LogP) is 11.5. The van der Waals surface area contributed by atoms with E-state index in [-0.39, 0.29) is 48.4 Å². The quantitative estimate of drug-likeness (QED) is 0.0478. The lowest BCUT2D eigenvalue weighted by Gasteiger charge is -2.25. The SMILES string of the molecule is CNC(=O)Nc1ccc2c(c1)CCCc1c-2nc(C(C)C)c(/C=C/[C@@H](O)C[C@@H](O)CC(=O)O)c1-c1ccc(F)cc1.CNC(=O)Nc1ccc2c(c1)CCCc1c-2nc(C(C)C)c(/C=C/[C@@H]2C[C@@H](O)CC(=O)O2)c1-c1ccc(F)cc1. The van der Waals surface area contributed by atoms with Gasteiger partial charge in [0.2, 0.25) is 0 Å². The summed E-state index contributed by atoms with van der Waals surface area (Å²) in [6.45, 7) is 8.22. The number of amides is 4. The molecule has 1 fully saturated rings. The third kappa shape index (κ3) is 14.4. The number of pyridine rings is 2. The molecule has 2 aromatic heterocycles. The largest absolute Gasteiger partial charge is 0.481 e. The van der Waals surface area contributed by atoms with Gasteiger partial charge in [-0.15, -0.1) is 0 Å². The highest BCUT2D eigenvalue weighted by molar-refractivity contribution is 5.92. The van der Waals surface area contributed by atoms with Gasteiger partial charge in [-0.2, -0.15) is 0 Å². The first kappa shape index (κ1) is 59.0. The molecule has 3 aliphatic rings. The summed E-state index contributed by atoms with van der Waals surface area (Å²) in [6.07, 6.45) is 8.09. The van der Waals surface area contributed by atoms with Gasteiger partial charge in [-0.05, 0) is 149 Å². The maximum Gasteiger partial charge on any atom is 0.318 e. The standard InChI is InChI=1S/C32H36FN3O5.C32H34FN3O4/c1-18(2)30-27(14-12-23(37)16-24(38)17-28(39)40)29(19-7-9-21(33)10-8-19)26-6-4-5-20-15-22(35-32(41)34-3)11-13-25(20)31(26)36-30;1-18(2)30-27(14-12-24-16-23(37)17-28(38)40-24)29(19-7-9-21(33)10-8-19)26-6-4-5-20-15-22(35-32(39)34-3)11-13-25(20)31(26)36-30/h7-15,18,23-24,37-38H,4-6,16-17H2,1-3H3,(H,39,40)(H2,34,35,41);7-15,18,23-24,37H,4-6,16-17H2,1-3H3,(H2,34,35,39)/b2*14-12+/t2*23-,24-/m11/s1. The number of hydrogen-bond acceptors (Lipinski definition) is 10. The first-order chi connectivity index (χ1) is 38.8. The number of aliphatic hydroxyl groups excluding tert-OH is 3. The van der Waals surface area contributed by atoms with Gasteiger partial charge in [0.1, 0.15) is 17.7 Å². The van der Waals surface area contributed by atoms with Crippen LogP contribution in [0.15, 0.2) is 97.1 Å². The summed E-state index contributed by atoms with van der Waals surface area (Å²) in [5, 5.41) is 50.5. The Morgan fingerprint density at radius 3 is 1.59 bits per heavy atom. The van der Waals surface area contributed by atoms with Crippen molar-refractivity contribution in [3.63, 3.8) is 0 Å². The predicted molar refractivity (Wildman–Crippen MR) is 311 cm³/mol. The lowest BCUT2D eigenvalue weighted by molar-refractivity contribution is -0.156. The minimum absolute atomic E-state index is 0.00255. The first-order valence-electron chi connectivity index (χ1n) is 27.5. The summed E-state index contributed by atoms with van der Waals surface area (Å²) in [7, 11) is 3.14. The first-order valence-corrected chi connectivity index (χ1v) is 27.5. The molecular weight excluding hydrogens is 1030 g/mol. The van der Waals surface area contributed by atoms with Crippen molar-refractivity contribution in [3.8, 4) is 44.8 Å². The van der Waals surface area contributed by atoms with Gasteiger partial charge in [0, 0.05) is 60.6 Å². The number of ether oxygens (including phenoxy) is 1. The van der Waals surface area contributed by atoms with E-state index >= 15 is 0 Å². The minimum atomic E-state index is -1.18. The Balaban J connectivity index is 0.000000212. The Morgan fingerprint density at radius 1 is 0.691 bits per heavy atom. The van der Waals surface area contributed by atoms with Crippen molar-refractivity contribution in [1.29, 1.82) is 0 Å². The van der Waals surface area contributed by atoms with Crippen molar-refractivity contribution in [2.75, 3.05) is 24.7 Å². The van der Waals surface area contributed by atoms with E-state index in [1.54, 1.807) is 50.5 Å². The smallest absolute Gasteiger partial charge is 0.318 e. The number of benzene rings is 4. The van der Waals surface area contributed by atoms with Crippen LogP contribution in [0.1, 0.15) is 123 Å². The number of halogens is 2. The topological polar surface area (TPSA) is 232 Å². The second kappa shape index (κ2) is 26.4. The van der Waals surface area contributed by atoms with Crippen LogP contribution in [0.4, 0.5) is 29.7 Å². The van der Waals surface area contributed by atoms with Crippen LogP contribution in [-0.2, 0) is 40.0 Å². The number of aliphatic hydroxyl groups is 3. The second-order valence-electron chi connectivity index (χ2n) is 21.3. The zero-order valence-electron chi connectivity index (χ0n) is 46.4. The summed E-state index contributed by atoms with van der Waals surface area (Å²) in [4.78, 5) is 57.1. The van der Waals surface area contributed by atoms with Gasteiger partial charge in [0.15, 0.2) is 0 Å². The Morgan fingerprint density at radius 2 is 1.16 bits per heavy atom. The van der Waals surface area contributed by atoms with Crippen LogP contribution in [0, 0.1) is 11.6 Å². The molecule has 8 N–H and O–H groups in total. The van der Waals surface area contributed by atoms with Gasteiger partial charge in [-0.1, -0.05) is 82.3 Å². The van der Waals surface area contributed by atoms with Gasteiger partial charge in [0.05, 0.1) is 53.9 Å². The Kier molecular flexibility index (Phi) is 19.3. The summed E-state index contributed by atoms with van der Waals surface area (Å²) >= 11 is 0. The summed E-state index contributed by atoms with van der Waals surface area (Å²) in [5.74, 6) is -2.16. The molecular formula is C64H70F2N6O9. The fraction of sp³-hybridized carbons (Fsp3) is 0.344. The summed E-state index contributed by atoms with van der Waals surface area (Å²) in [6, 6.07) is 23.9. The monoisotopic (exact) mass is 1100 g/mol. The number of esters is 1. The zero-order valence-corrected chi connectivity index (χ0v) is 46.4. The number of rotatable bonds is 14. The number of aryl methyl sites for hydroxylation is 2. The number of anilines is 2. The third-order valence-corrected chi connectivity index (χ3v) is 14.6. The van der Waals surface area contributed by atoms with Crippen LogP contribution in [0.25, 0.3) is 56.9 Å². The van der Waals surface area contributed by atoms with Crippen molar-refractivity contribution < 1.29 is 53.1 Å². The number of carboxylic acids is 1. The highest BCUT2D eigenvalue weighted by Gasteiger charge is 2.30. The third-order valence-electron chi connectivity index (χ3n) is 14.6. The number of urea groups is 2. The van der Waals surface area contributed by atoms with Crippen LogP contribution in [0.5, 0.6) is 0 Å². The number of carbonyl (C=O) groups excluding carboxylic acids is 3. The van der Waals surface area contributed by atoms with E-state index in [1.165, 1.54) is 24.3 Å². The molecule has 1 aliphatic heterocycles. The molecule has 0 bridgehead atoms. The Bertz CT molecular complexity index is 3360. The van der Waals surface area contributed by atoms with Crippen LogP contribution < -0.4 is 21.3 Å². The van der Waals surface area contributed by atoms with Crippen molar-refractivity contribution in [3.05, 3.63) is 153 Å². The van der Waals surface area contributed by atoms with Gasteiger partial charge >= 0.3 is 24.0 Å². The molecule has 17 heteroatoms. The van der Waals surface area contributed by atoms with Crippen molar-refractivity contribution in [2.45, 2.75) is 128 Å². The van der Waals surface area contributed by atoms with Crippen LogP contribution in [0.2, 0.25) is 0 Å². The molecule has 9 rings (SSSR count). The van der Waals surface area contributed by atoms with Crippen LogP contribution >= 0.6 is 0 Å². The van der Waals surface area contributed by atoms with E-state index in [9.17, 15) is 43.3 Å². The molecule has 4 aromatic carbocycles. The Hall–Kier alpha value is -8.12. The lowest BCUT2D eigenvalue weighted by atomic mass is 9.86. The molecule has 81 heavy (non-hydrogen) atoms. The van der Waals surface area contributed by atoms with E-state index in [1.807, 2.05) is 62.4 Å². The average molecular weight is 1110 g/mol. The van der Waals surface area contributed by atoms with Gasteiger partial charge < -0.3 is 46.4 Å². The van der Waals surface area contributed by atoms with Crippen molar-refractivity contribution in [1.82, 2.24) is 20.6 Å². The molecule has 0 radical (unpaired) electrons. The maximum absolute atomic E-state index is 14.0. The summed E-state index contributed by atoms with van der Waals surface area (Å²) < 4.78 is 33.4. The van der Waals surface area contributed by atoms with Crippen molar-refractivity contribution >= 4 is 47.5 Å². The molecule has 3 heterocycles. The molecule has 0 unspecified atom stereocenters. The number of carboxylic acid groups (broad SMARTS) is 1. The highest BCUT2D eigenvalue weighted by atomic mass is 19.1. The molecule has 1 saturated heterocycles. The van der Waals surface area contributed by atoms with E-state index in [0.29, 0.717) is 24.2 Å². The van der Waals surface area contributed by atoms with Gasteiger partial charge in [0.25, 0.3) is 0 Å². The number of hydrogen-bond donors (Lipinski definition) is 8. The number of nitrogens with one attached hydrogen (secondary N) is 4. The maximum atomic E-state index is 14.0. The zero-order chi connectivity index (χ0) is 58.1. The number of cyclic esters (lactones) is 1. The molecule has 15 nitrogen and oxygen atoms in total. The minimum Gasteiger partial charge on any atom is -0.481 e. The molecule has 424 valence electrons. The lowest BCUT2D eigenvalue weighted by Crippen LogP contribution is -2.31. The number of aliphatic carboxylic acids is 1. The fourth-order valence-electron chi connectivity index (χ4n) is 10.9. The fourth-order valence-corrected chi connectivity index (χ4v) is 10.9. The molecule has 0 spiro atoms. The summed E-state index contributed by atoms with van der Waals surface area (Å²) in [5.41, 5.74) is 16.3. The van der Waals surface area contributed by atoms with Crippen LogP contribution in [-0.4, -0.2) is 92.9 Å². The average Bonchev–Trinajstić information content (AvgIpc) is 3.95. The normalized spacial score (nSPS) is 16.4. The van der Waals surface area contributed by atoms with E-state index in [4.69, 9.17) is 19.8 Å². The number of nitrogens with zero attached hydrogens (tertiary/aromatic N) is 2.